The molecule has 2 aliphatic carbocycles. The number of pyridine rings is 2. The molecule has 2 aromatic heterocycles. The van der Waals surface area contributed by atoms with Crippen molar-refractivity contribution in [1.82, 2.24) is 19.8 Å². The van der Waals surface area contributed by atoms with E-state index in [1.807, 2.05) is 24.3 Å². The van der Waals surface area contributed by atoms with E-state index in [-0.39, 0.29) is 77.9 Å². The smallest absolute Gasteiger partial charge is 0.345 e. The van der Waals surface area contributed by atoms with Crippen molar-refractivity contribution in [1.29, 1.82) is 0 Å². The fourth-order valence-electron chi connectivity index (χ4n) is 9.47. The minimum absolute atomic E-state index is 0. The Morgan fingerprint density at radius 2 is 1.04 bits per heavy atom. The highest BCUT2D eigenvalue weighted by Gasteiger charge is 2.52. The molecule has 2 aliphatic heterocycles. The van der Waals surface area contributed by atoms with E-state index in [0.717, 1.165) is 0 Å². The topological polar surface area (TPSA) is 116 Å². The first-order valence-electron chi connectivity index (χ1n) is 18.1. The number of likely N-dealkylation sites (tertiary alicyclic amines) is 2. The number of ether oxygens (including phenoxy) is 2. The van der Waals surface area contributed by atoms with Crippen molar-refractivity contribution >= 4 is 61.6 Å². The van der Waals surface area contributed by atoms with Crippen molar-refractivity contribution < 1.29 is 24.5 Å². The molecule has 4 fully saturated rings. The maximum atomic E-state index is 12.3. The summed E-state index contributed by atoms with van der Waals surface area (Å²) in [6.07, 6.45) is 16.3. The average molecular weight is 837 g/mol. The van der Waals surface area contributed by atoms with E-state index < -0.39 is 0 Å². The molecule has 13 heteroatoms. The molecule has 4 bridgehead atoms. The predicted octanol–water partition coefficient (Wildman–Crippen LogP) is 8.49. The van der Waals surface area contributed by atoms with Crippen LogP contribution in [0.3, 0.4) is 0 Å². The molecule has 6 atom stereocenters. The van der Waals surface area contributed by atoms with Crippen molar-refractivity contribution in [3.63, 3.8) is 0 Å². The van der Waals surface area contributed by atoms with Gasteiger partial charge in [-0.05, 0) is 126 Å². The van der Waals surface area contributed by atoms with Gasteiger partial charge in [0.15, 0.2) is 0 Å². The molecular formula is C42H54Cl4N4O5. The second-order valence-corrected chi connectivity index (χ2v) is 14.8. The zero-order valence-electron chi connectivity index (χ0n) is 31.8. The molecule has 2 saturated heterocycles. The molecule has 300 valence electrons. The first-order chi connectivity index (χ1) is 24.2. The van der Waals surface area contributed by atoms with Crippen molar-refractivity contribution in [2.75, 3.05) is 14.1 Å². The van der Waals surface area contributed by atoms with Crippen LogP contribution in [-0.2, 0) is 10.8 Å². The number of aromatic nitrogens is 2. The van der Waals surface area contributed by atoms with Gasteiger partial charge in [-0.25, -0.2) is 9.59 Å². The summed E-state index contributed by atoms with van der Waals surface area (Å²) in [5.74, 6) is 0.510. The normalized spacial score (nSPS) is 26.1. The fourth-order valence-corrected chi connectivity index (χ4v) is 9.47. The standard InChI is InChI=1S/2C21H24N2O2.4ClH.H2O/c2*1-15-21(10-4-8-18(13-21)23(15)2)17-7-3-9-19(12-17)25-20(24)16-6-5-11-22-14-16;;;;;/h2*3,5-7,9,11-12,14-15,18H,4,8,10,13H2,1-2H3;4*1H;1H2. The minimum atomic E-state index is -0.360. The van der Waals surface area contributed by atoms with E-state index in [1.54, 1.807) is 36.7 Å². The van der Waals surface area contributed by atoms with Gasteiger partial charge >= 0.3 is 11.9 Å². The zero-order chi connectivity index (χ0) is 34.9. The third kappa shape index (κ3) is 9.48. The van der Waals surface area contributed by atoms with Crippen molar-refractivity contribution in [2.24, 2.45) is 0 Å². The molecule has 6 unspecified atom stereocenters. The van der Waals surface area contributed by atoms with E-state index in [1.165, 1.54) is 74.9 Å². The summed E-state index contributed by atoms with van der Waals surface area (Å²) in [6.45, 7) is 4.67. The Morgan fingerprint density at radius 1 is 0.636 bits per heavy atom. The Kier molecular flexibility index (Phi) is 17.6. The van der Waals surface area contributed by atoms with E-state index in [9.17, 15) is 9.59 Å². The maximum absolute atomic E-state index is 12.3. The fraction of sp³-hybridized carbons (Fsp3) is 0.429. The Labute approximate surface area is 349 Å². The highest BCUT2D eigenvalue weighted by Crippen LogP contribution is 2.52. The molecule has 0 radical (unpaired) electrons. The largest absolute Gasteiger partial charge is 0.423 e. The van der Waals surface area contributed by atoms with Crippen LogP contribution in [-0.4, -0.2) is 75.4 Å². The molecule has 0 spiro atoms. The number of carbonyl (C=O) groups is 2. The number of carbonyl (C=O) groups excluding carboxylic acids is 2. The number of hydrogen-bond acceptors (Lipinski definition) is 8. The first-order valence-corrected chi connectivity index (χ1v) is 18.1. The zero-order valence-corrected chi connectivity index (χ0v) is 35.0. The second kappa shape index (κ2) is 20.2. The van der Waals surface area contributed by atoms with E-state index in [4.69, 9.17) is 9.47 Å². The van der Waals surface area contributed by atoms with Gasteiger partial charge in [-0.1, -0.05) is 37.1 Å². The highest BCUT2D eigenvalue weighted by atomic mass is 35.5. The molecule has 2 aromatic carbocycles. The van der Waals surface area contributed by atoms with E-state index in [0.29, 0.717) is 46.8 Å². The van der Waals surface area contributed by atoms with Crippen LogP contribution >= 0.6 is 49.6 Å². The Morgan fingerprint density at radius 3 is 1.40 bits per heavy atom. The molecule has 4 aliphatic rings. The molecule has 8 rings (SSSR count). The number of likely N-dealkylation sites (N-methyl/N-ethyl adjacent to an activating group) is 2. The Bertz CT molecular complexity index is 1710. The van der Waals surface area contributed by atoms with Gasteiger partial charge in [0.25, 0.3) is 0 Å². The molecule has 4 heterocycles. The lowest BCUT2D eigenvalue weighted by molar-refractivity contribution is 0.0724. The van der Waals surface area contributed by atoms with Crippen LogP contribution in [0.4, 0.5) is 0 Å². The number of hydrogen-bond donors (Lipinski definition) is 0. The van der Waals surface area contributed by atoms with Crippen LogP contribution in [0.5, 0.6) is 11.5 Å². The molecule has 9 nitrogen and oxygen atoms in total. The lowest BCUT2D eigenvalue weighted by atomic mass is 9.67. The van der Waals surface area contributed by atoms with E-state index >= 15 is 0 Å². The molecule has 4 aromatic rings. The van der Waals surface area contributed by atoms with Crippen molar-refractivity contribution in [2.45, 2.75) is 100 Å². The van der Waals surface area contributed by atoms with Crippen LogP contribution in [0.15, 0.2) is 97.6 Å². The van der Waals surface area contributed by atoms with Gasteiger partial charge in [0.2, 0.25) is 0 Å². The summed E-state index contributed by atoms with van der Waals surface area (Å²) in [7, 11) is 4.49. The van der Waals surface area contributed by atoms with E-state index in [2.05, 4.69) is 72.0 Å². The van der Waals surface area contributed by atoms with Crippen LogP contribution in [0, 0.1) is 0 Å². The molecule has 2 saturated carbocycles. The third-order valence-electron chi connectivity index (χ3n) is 12.5. The lowest BCUT2D eigenvalue weighted by Crippen LogP contribution is -2.38. The molecule has 2 N–H and O–H groups in total. The SMILES string of the molecule is CC1N(C)C2CCCC1(c1cccc(OC(=O)c3cccnc3)c1)C2.CC1N(C)C2CCCC1(c1cccc(OC(=O)c3cccnc3)c1)C2.Cl.Cl.Cl.Cl.O. The van der Waals surface area contributed by atoms with Crippen molar-refractivity contribution in [3.05, 3.63) is 120 Å². The summed E-state index contributed by atoms with van der Waals surface area (Å²) in [5, 5.41) is 0. The minimum Gasteiger partial charge on any atom is -0.423 e. The van der Waals surface area contributed by atoms with Gasteiger partial charge in [0.05, 0.1) is 11.1 Å². The van der Waals surface area contributed by atoms with Crippen LogP contribution < -0.4 is 9.47 Å². The first kappa shape index (κ1) is 47.9. The predicted molar refractivity (Wildman–Crippen MR) is 226 cm³/mol. The van der Waals surface area contributed by atoms with Crippen LogP contribution in [0.25, 0.3) is 0 Å². The quantitative estimate of drug-likeness (QED) is 0.140. The maximum Gasteiger partial charge on any atom is 0.345 e. The number of fused-ring (bicyclic) bond motifs is 4. The van der Waals surface area contributed by atoms with Gasteiger partial charge in [0.1, 0.15) is 11.5 Å². The van der Waals surface area contributed by atoms with Crippen LogP contribution in [0.1, 0.15) is 97.1 Å². The summed E-state index contributed by atoms with van der Waals surface area (Å²) >= 11 is 0. The lowest BCUT2D eigenvalue weighted by Gasteiger charge is -2.36. The summed E-state index contributed by atoms with van der Waals surface area (Å²) < 4.78 is 11.2. The number of rotatable bonds is 6. The van der Waals surface area contributed by atoms with Gasteiger partial charge < -0.3 is 14.9 Å². The van der Waals surface area contributed by atoms with Gasteiger partial charge in [-0.15, -0.1) is 49.6 Å². The summed E-state index contributed by atoms with van der Waals surface area (Å²) in [4.78, 5) is 37.6. The summed E-state index contributed by atoms with van der Waals surface area (Å²) in [5.41, 5.74) is 3.88. The van der Waals surface area contributed by atoms with Gasteiger partial charge in [-0.2, -0.15) is 0 Å². The number of halogens is 4. The monoisotopic (exact) mass is 834 g/mol. The third-order valence-corrected chi connectivity index (χ3v) is 12.5. The number of nitrogens with zero attached hydrogens (tertiary/aromatic N) is 4. The molecule has 55 heavy (non-hydrogen) atoms. The summed E-state index contributed by atoms with van der Waals surface area (Å²) in [6, 6.07) is 25.5. The molecular weight excluding hydrogens is 782 g/mol. The van der Waals surface area contributed by atoms with Gasteiger partial charge in [-0.3, -0.25) is 19.8 Å². The second-order valence-electron chi connectivity index (χ2n) is 14.8. The number of benzene rings is 2. The molecule has 0 amide bonds. The van der Waals surface area contributed by atoms with Crippen LogP contribution in [0.2, 0.25) is 0 Å². The van der Waals surface area contributed by atoms with Crippen molar-refractivity contribution in [3.8, 4) is 11.5 Å². The number of esters is 2. The average Bonchev–Trinajstić information content (AvgIpc) is 3.45. The van der Waals surface area contributed by atoms with Gasteiger partial charge in [0, 0.05) is 59.8 Å². The Hall–Kier alpha value is -3.28. The highest BCUT2D eigenvalue weighted by molar-refractivity contribution is 5.91. The Balaban J connectivity index is 0.000000348.